The summed E-state index contributed by atoms with van der Waals surface area (Å²) >= 11 is 1.70. The average molecular weight is 357 g/mol. The van der Waals surface area contributed by atoms with E-state index in [2.05, 4.69) is 21.4 Å². The lowest BCUT2D eigenvalue weighted by Crippen LogP contribution is -2.50. The molecule has 1 aliphatic heterocycles. The molecule has 3 aromatic rings. The highest BCUT2D eigenvalue weighted by Crippen LogP contribution is 2.24. The van der Waals surface area contributed by atoms with Crippen LogP contribution in [0.1, 0.15) is 29.6 Å². The predicted molar refractivity (Wildman–Crippen MR) is 94.1 cm³/mol. The molecule has 0 aliphatic carbocycles. The first-order valence-electron chi connectivity index (χ1n) is 8.37. The van der Waals surface area contributed by atoms with Gasteiger partial charge in [-0.1, -0.05) is 17.3 Å². The van der Waals surface area contributed by atoms with E-state index >= 15 is 0 Å². The van der Waals surface area contributed by atoms with Gasteiger partial charge in [-0.25, -0.2) is 9.67 Å². The lowest BCUT2D eigenvalue weighted by molar-refractivity contribution is -0.137. The number of hydrogen-bond donors (Lipinski definition) is 1. The summed E-state index contributed by atoms with van der Waals surface area (Å²) < 4.78 is 2.93. The molecule has 0 bridgehead atoms. The minimum Gasteiger partial charge on any atom is -0.390 e. The van der Waals surface area contributed by atoms with Crippen molar-refractivity contribution in [3.8, 4) is 0 Å². The number of aliphatic hydroxyl groups excluding tert-OH is 1. The summed E-state index contributed by atoms with van der Waals surface area (Å²) in [6, 6.07) is 8.28. The van der Waals surface area contributed by atoms with Crippen molar-refractivity contribution < 1.29 is 9.90 Å². The lowest BCUT2D eigenvalue weighted by atomic mass is 10.1. The van der Waals surface area contributed by atoms with Crippen LogP contribution >= 0.6 is 11.3 Å². The van der Waals surface area contributed by atoms with Crippen LogP contribution in [0.5, 0.6) is 0 Å². The lowest BCUT2D eigenvalue weighted by Gasteiger charge is -2.38. The predicted octanol–water partition coefficient (Wildman–Crippen LogP) is 1.79. The van der Waals surface area contributed by atoms with E-state index in [-0.39, 0.29) is 18.6 Å². The Kier molecular flexibility index (Phi) is 4.46. The summed E-state index contributed by atoms with van der Waals surface area (Å²) in [5.74, 6) is 0.180. The summed E-state index contributed by atoms with van der Waals surface area (Å²) in [5.41, 5.74) is 1.59. The highest BCUT2D eigenvalue weighted by molar-refractivity contribution is 7.18. The van der Waals surface area contributed by atoms with Gasteiger partial charge in [-0.3, -0.25) is 4.79 Å². The third-order valence-electron chi connectivity index (χ3n) is 4.43. The first kappa shape index (κ1) is 16.2. The molecular weight excluding hydrogens is 338 g/mol. The number of amides is 1. The number of carbonyl (C=O) groups excluding carboxylic acids is 1. The highest BCUT2D eigenvalue weighted by atomic mass is 32.1. The number of thiazole rings is 1. The summed E-state index contributed by atoms with van der Waals surface area (Å²) in [7, 11) is 0. The molecule has 0 radical (unpaired) electrons. The van der Waals surface area contributed by atoms with E-state index in [4.69, 9.17) is 5.11 Å². The number of fused-ring (bicyclic) bond motifs is 1. The normalized spacial score (nSPS) is 14.8. The maximum Gasteiger partial charge on any atom is 0.222 e. The van der Waals surface area contributed by atoms with Crippen molar-refractivity contribution >= 4 is 27.5 Å². The van der Waals surface area contributed by atoms with E-state index in [1.807, 2.05) is 23.1 Å². The standard InChI is InChI=1S/C17H19N5O2S/c23-11-12-8-22(20-19-12)13-9-21(10-13)17(24)7-3-6-16-18-14-4-1-2-5-15(14)25-16/h1-2,4-5,8,13,23H,3,6-7,9-11H2. The molecule has 130 valence electrons. The molecule has 2 aromatic heterocycles. The van der Waals surface area contributed by atoms with Crippen molar-refractivity contribution in [2.75, 3.05) is 13.1 Å². The van der Waals surface area contributed by atoms with Gasteiger partial charge in [0, 0.05) is 19.5 Å². The Bertz CT molecular complexity index is 851. The highest BCUT2D eigenvalue weighted by Gasteiger charge is 2.32. The number of aliphatic hydroxyl groups is 1. The van der Waals surface area contributed by atoms with Crippen molar-refractivity contribution in [1.82, 2.24) is 24.9 Å². The number of nitrogens with zero attached hydrogens (tertiary/aromatic N) is 5. The largest absolute Gasteiger partial charge is 0.390 e. The van der Waals surface area contributed by atoms with Gasteiger partial charge in [-0.05, 0) is 25.0 Å². The van der Waals surface area contributed by atoms with Gasteiger partial charge in [0.15, 0.2) is 0 Å². The molecule has 1 saturated heterocycles. The smallest absolute Gasteiger partial charge is 0.222 e. The van der Waals surface area contributed by atoms with Crippen LogP contribution in [0.15, 0.2) is 30.5 Å². The fourth-order valence-corrected chi connectivity index (χ4v) is 3.98. The number of aromatic nitrogens is 4. The van der Waals surface area contributed by atoms with Crippen LogP contribution in [-0.4, -0.2) is 49.0 Å². The molecule has 0 unspecified atom stereocenters. The molecule has 7 nitrogen and oxygen atoms in total. The quantitative estimate of drug-likeness (QED) is 0.727. The molecule has 0 spiro atoms. The monoisotopic (exact) mass is 357 g/mol. The average Bonchev–Trinajstić information content (AvgIpc) is 3.19. The maximum atomic E-state index is 12.2. The van der Waals surface area contributed by atoms with E-state index in [9.17, 15) is 4.79 Å². The Hall–Kier alpha value is -2.32. The van der Waals surface area contributed by atoms with Gasteiger partial charge >= 0.3 is 0 Å². The molecule has 8 heteroatoms. The molecule has 1 fully saturated rings. The molecule has 1 N–H and O–H groups in total. The Morgan fingerprint density at radius 2 is 2.16 bits per heavy atom. The second kappa shape index (κ2) is 6.89. The number of hydrogen-bond acceptors (Lipinski definition) is 6. The van der Waals surface area contributed by atoms with Crippen LogP contribution in [0.2, 0.25) is 0 Å². The van der Waals surface area contributed by atoms with Crippen LogP contribution in [0.25, 0.3) is 10.2 Å². The van der Waals surface area contributed by atoms with Gasteiger partial charge < -0.3 is 10.0 Å². The first-order chi connectivity index (χ1) is 12.2. The van der Waals surface area contributed by atoms with Crippen molar-refractivity contribution in [3.05, 3.63) is 41.2 Å². The van der Waals surface area contributed by atoms with E-state index in [0.29, 0.717) is 25.2 Å². The topological polar surface area (TPSA) is 84.1 Å². The van der Waals surface area contributed by atoms with Gasteiger partial charge in [0.05, 0.1) is 34.1 Å². The van der Waals surface area contributed by atoms with Gasteiger partial charge in [0.2, 0.25) is 5.91 Å². The Morgan fingerprint density at radius 1 is 1.32 bits per heavy atom. The third kappa shape index (κ3) is 3.40. The first-order valence-corrected chi connectivity index (χ1v) is 9.18. The SMILES string of the molecule is O=C(CCCc1nc2ccccc2s1)N1CC(n2cc(CO)nn2)C1. The summed E-state index contributed by atoms with van der Waals surface area (Å²) in [4.78, 5) is 18.7. The van der Waals surface area contributed by atoms with Crippen LogP contribution in [-0.2, 0) is 17.8 Å². The van der Waals surface area contributed by atoms with E-state index in [1.165, 1.54) is 4.70 Å². The Morgan fingerprint density at radius 3 is 2.92 bits per heavy atom. The fraction of sp³-hybridized carbons (Fsp3) is 0.412. The molecule has 4 rings (SSSR count). The summed E-state index contributed by atoms with van der Waals surface area (Å²) in [6.07, 6.45) is 3.94. The zero-order valence-electron chi connectivity index (χ0n) is 13.7. The molecule has 3 heterocycles. The second-order valence-electron chi connectivity index (χ2n) is 6.23. The molecule has 0 atom stereocenters. The van der Waals surface area contributed by atoms with Crippen LogP contribution in [0.3, 0.4) is 0 Å². The minimum absolute atomic E-state index is 0.110. The van der Waals surface area contributed by atoms with Crippen molar-refractivity contribution in [2.45, 2.75) is 31.9 Å². The molecule has 1 aliphatic rings. The van der Waals surface area contributed by atoms with Crippen molar-refractivity contribution in [2.24, 2.45) is 0 Å². The third-order valence-corrected chi connectivity index (χ3v) is 5.52. The molecule has 0 saturated carbocycles. The zero-order chi connectivity index (χ0) is 17.2. The van der Waals surface area contributed by atoms with Crippen LogP contribution in [0, 0.1) is 0 Å². The Labute approximate surface area is 148 Å². The van der Waals surface area contributed by atoms with Crippen LogP contribution < -0.4 is 0 Å². The van der Waals surface area contributed by atoms with Gasteiger partial charge in [0.1, 0.15) is 5.69 Å². The summed E-state index contributed by atoms with van der Waals surface area (Å²) in [6.45, 7) is 1.21. The van der Waals surface area contributed by atoms with Gasteiger partial charge in [-0.15, -0.1) is 16.4 Å². The number of rotatable bonds is 6. The van der Waals surface area contributed by atoms with E-state index in [0.717, 1.165) is 23.4 Å². The van der Waals surface area contributed by atoms with Gasteiger partial charge in [0.25, 0.3) is 0 Å². The second-order valence-corrected chi connectivity index (χ2v) is 7.34. The molecule has 1 aromatic carbocycles. The number of aryl methyl sites for hydroxylation is 1. The van der Waals surface area contributed by atoms with Crippen molar-refractivity contribution in [3.63, 3.8) is 0 Å². The van der Waals surface area contributed by atoms with Crippen molar-refractivity contribution in [1.29, 1.82) is 0 Å². The minimum atomic E-state index is -0.110. The molecule has 25 heavy (non-hydrogen) atoms. The number of carbonyl (C=O) groups is 1. The Balaban J connectivity index is 1.23. The van der Waals surface area contributed by atoms with E-state index < -0.39 is 0 Å². The van der Waals surface area contributed by atoms with Crippen LogP contribution in [0.4, 0.5) is 0 Å². The maximum absolute atomic E-state index is 12.2. The number of likely N-dealkylation sites (tertiary alicyclic amines) is 1. The van der Waals surface area contributed by atoms with E-state index in [1.54, 1.807) is 22.2 Å². The molecular formula is C17H19N5O2S. The van der Waals surface area contributed by atoms with Gasteiger partial charge in [-0.2, -0.15) is 0 Å². The number of benzene rings is 1. The fourth-order valence-electron chi connectivity index (χ4n) is 2.97. The zero-order valence-corrected chi connectivity index (χ0v) is 14.5. The number of para-hydroxylation sites is 1. The molecule has 1 amide bonds. The summed E-state index contributed by atoms with van der Waals surface area (Å²) in [5, 5.41) is 18.0.